The highest BCUT2D eigenvalue weighted by Crippen LogP contribution is 2.08. The van der Waals surface area contributed by atoms with Gasteiger partial charge in [-0.3, -0.25) is 0 Å². The van der Waals surface area contributed by atoms with Gasteiger partial charge in [-0.25, -0.2) is 4.79 Å². The molecule has 0 amide bonds. The third kappa shape index (κ3) is 2.54. The molecule has 0 rings (SSSR count). The van der Waals surface area contributed by atoms with Crippen molar-refractivity contribution in [3.05, 3.63) is 0 Å². The predicted molar refractivity (Wildman–Crippen MR) is 27.9 cm³/mol. The van der Waals surface area contributed by atoms with Gasteiger partial charge in [0.15, 0.2) is 5.85 Å². The first-order valence-corrected chi connectivity index (χ1v) is 3.34. The van der Waals surface area contributed by atoms with Crippen LogP contribution in [0, 0.1) is 0 Å². The van der Waals surface area contributed by atoms with Crippen LogP contribution in [0.2, 0.25) is 0 Å². The normalized spacial score (nSPS) is 15.1. The third-order valence-electron chi connectivity index (χ3n) is 0.507. The average Bonchev–Trinajstić information content (AvgIpc) is 1.65. The minimum atomic E-state index is -1.15. The molecule has 0 aromatic rings. The van der Waals surface area contributed by atoms with Gasteiger partial charge in [0.1, 0.15) is 0 Å². The molecular formula is C3H7O3P. The average molecular weight is 122 g/mol. The monoisotopic (exact) mass is 122 g/mol. The second kappa shape index (κ2) is 2.94. The lowest BCUT2D eigenvalue weighted by atomic mass is 10.7. The SMILES string of the molecule is CPC(O)C(=O)O. The van der Waals surface area contributed by atoms with Gasteiger partial charge in [-0.15, -0.1) is 0 Å². The summed E-state index contributed by atoms with van der Waals surface area (Å²) in [6, 6.07) is 0. The van der Waals surface area contributed by atoms with E-state index < -0.39 is 11.8 Å². The first-order valence-electron chi connectivity index (χ1n) is 1.76. The van der Waals surface area contributed by atoms with Crippen LogP contribution in [0.25, 0.3) is 0 Å². The van der Waals surface area contributed by atoms with Gasteiger partial charge in [-0.1, -0.05) is 8.58 Å². The number of carboxylic acid groups (broad SMARTS) is 1. The van der Waals surface area contributed by atoms with E-state index in [1.165, 1.54) is 0 Å². The molecule has 0 radical (unpaired) electrons. The van der Waals surface area contributed by atoms with Crippen molar-refractivity contribution >= 4 is 14.6 Å². The van der Waals surface area contributed by atoms with Crippen molar-refractivity contribution in [3.8, 4) is 0 Å². The Hall–Kier alpha value is -0.140. The van der Waals surface area contributed by atoms with Gasteiger partial charge < -0.3 is 10.2 Å². The Morgan fingerprint density at radius 2 is 2.29 bits per heavy atom. The lowest BCUT2D eigenvalue weighted by Gasteiger charge is -1.96. The van der Waals surface area contributed by atoms with Gasteiger partial charge in [0.25, 0.3) is 0 Å². The maximum absolute atomic E-state index is 9.69. The van der Waals surface area contributed by atoms with Gasteiger partial charge in [0.05, 0.1) is 0 Å². The Kier molecular flexibility index (Phi) is 2.88. The summed E-state index contributed by atoms with van der Waals surface area (Å²) < 4.78 is 0. The lowest BCUT2D eigenvalue weighted by molar-refractivity contribution is -0.142. The topological polar surface area (TPSA) is 57.5 Å². The molecular weight excluding hydrogens is 115 g/mol. The predicted octanol–water partition coefficient (Wildman–Crippen LogP) is -0.302. The molecule has 7 heavy (non-hydrogen) atoms. The molecule has 0 aliphatic carbocycles. The van der Waals surface area contributed by atoms with Gasteiger partial charge >= 0.3 is 5.97 Å². The molecule has 0 aliphatic rings. The zero-order valence-corrected chi connectivity index (χ0v) is 4.88. The van der Waals surface area contributed by atoms with Crippen LogP contribution >= 0.6 is 8.58 Å². The fourth-order valence-corrected chi connectivity index (χ4v) is 0.370. The Morgan fingerprint density at radius 3 is 2.29 bits per heavy atom. The van der Waals surface area contributed by atoms with E-state index in [1.807, 2.05) is 0 Å². The number of hydrogen-bond acceptors (Lipinski definition) is 2. The molecule has 2 atom stereocenters. The van der Waals surface area contributed by atoms with Crippen LogP contribution in [0.3, 0.4) is 0 Å². The summed E-state index contributed by atoms with van der Waals surface area (Å²) in [4.78, 5) is 9.69. The van der Waals surface area contributed by atoms with Crippen molar-refractivity contribution in [2.75, 3.05) is 6.66 Å². The van der Waals surface area contributed by atoms with Gasteiger partial charge in [-0.05, 0) is 6.66 Å². The van der Waals surface area contributed by atoms with Crippen molar-refractivity contribution in [1.82, 2.24) is 0 Å². The summed E-state index contributed by atoms with van der Waals surface area (Å²) in [5, 5.41) is 16.3. The van der Waals surface area contributed by atoms with E-state index >= 15 is 0 Å². The summed E-state index contributed by atoms with van der Waals surface area (Å²) in [6.45, 7) is 1.64. The van der Waals surface area contributed by atoms with Crippen molar-refractivity contribution < 1.29 is 15.0 Å². The van der Waals surface area contributed by atoms with E-state index in [1.54, 1.807) is 6.66 Å². The van der Waals surface area contributed by atoms with Gasteiger partial charge in [-0.2, -0.15) is 0 Å². The molecule has 4 heteroatoms. The van der Waals surface area contributed by atoms with Crippen LogP contribution in [0.1, 0.15) is 0 Å². The smallest absolute Gasteiger partial charge is 0.336 e. The summed E-state index contributed by atoms with van der Waals surface area (Å²) in [7, 11) is 0.0679. The first-order chi connectivity index (χ1) is 3.18. The van der Waals surface area contributed by atoms with Crippen molar-refractivity contribution in [2.24, 2.45) is 0 Å². The first kappa shape index (κ1) is 6.86. The highest BCUT2D eigenvalue weighted by atomic mass is 31.1. The highest BCUT2D eigenvalue weighted by Gasteiger charge is 2.07. The Morgan fingerprint density at radius 1 is 1.86 bits per heavy atom. The fourth-order valence-electron chi connectivity index (χ4n) is 0.123. The third-order valence-corrected chi connectivity index (χ3v) is 1.30. The number of aliphatic hydroxyl groups excluding tert-OH is 1. The number of carboxylic acids is 1. The Bertz CT molecular complexity index is 72.6. The van der Waals surface area contributed by atoms with E-state index in [4.69, 9.17) is 10.2 Å². The van der Waals surface area contributed by atoms with Crippen LogP contribution in [-0.2, 0) is 4.79 Å². The van der Waals surface area contributed by atoms with Gasteiger partial charge in [0, 0.05) is 0 Å². The summed E-state index contributed by atoms with van der Waals surface area (Å²) >= 11 is 0. The number of aliphatic hydroxyl groups is 1. The van der Waals surface area contributed by atoms with Crippen LogP contribution in [0.5, 0.6) is 0 Å². The van der Waals surface area contributed by atoms with Gasteiger partial charge in [0.2, 0.25) is 0 Å². The number of hydrogen-bond donors (Lipinski definition) is 2. The zero-order chi connectivity index (χ0) is 5.86. The molecule has 42 valence electrons. The standard InChI is InChI=1S/C3H7O3P/c1-7-3(6)2(4)5/h3,6-7H,1H3,(H,4,5). The molecule has 0 saturated heterocycles. The van der Waals surface area contributed by atoms with Crippen molar-refractivity contribution in [3.63, 3.8) is 0 Å². The van der Waals surface area contributed by atoms with E-state index in [0.29, 0.717) is 0 Å². The molecule has 0 saturated carbocycles. The summed E-state index contributed by atoms with van der Waals surface area (Å²) in [5.74, 6) is -2.29. The molecule has 0 spiro atoms. The minimum Gasteiger partial charge on any atom is -0.479 e. The van der Waals surface area contributed by atoms with Crippen LogP contribution < -0.4 is 0 Å². The Balaban J connectivity index is 3.34. The number of aliphatic carboxylic acids is 1. The molecule has 0 aromatic heterocycles. The molecule has 2 unspecified atom stereocenters. The molecule has 0 bridgehead atoms. The summed E-state index contributed by atoms with van der Waals surface area (Å²) in [5.41, 5.74) is 0. The molecule has 2 N–H and O–H groups in total. The van der Waals surface area contributed by atoms with Crippen molar-refractivity contribution in [2.45, 2.75) is 5.85 Å². The number of carbonyl (C=O) groups is 1. The molecule has 3 nitrogen and oxygen atoms in total. The zero-order valence-electron chi connectivity index (χ0n) is 3.88. The van der Waals surface area contributed by atoms with E-state index in [-0.39, 0.29) is 8.58 Å². The summed E-state index contributed by atoms with van der Waals surface area (Å²) in [6.07, 6.45) is 0. The number of rotatable bonds is 2. The highest BCUT2D eigenvalue weighted by molar-refractivity contribution is 7.38. The van der Waals surface area contributed by atoms with Crippen LogP contribution in [0.4, 0.5) is 0 Å². The molecule has 0 aliphatic heterocycles. The lowest BCUT2D eigenvalue weighted by Crippen LogP contribution is -2.12. The fraction of sp³-hybridized carbons (Fsp3) is 0.667. The van der Waals surface area contributed by atoms with Crippen molar-refractivity contribution in [1.29, 1.82) is 0 Å². The second-order valence-corrected chi connectivity index (χ2v) is 2.15. The quantitative estimate of drug-likeness (QED) is 0.494. The van der Waals surface area contributed by atoms with Crippen LogP contribution in [-0.4, -0.2) is 28.7 Å². The van der Waals surface area contributed by atoms with Crippen LogP contribution in [0.15, 0.2) is 0 Å². The van der Waals surface area contributed by atoms with E-state index in [9.17, 15) is 4.79 Å². The van der Waals surface area contributed by atoms with E-state index in [0.717, 1.165) is 0 Å². The van der Waals surface area contributed by atoms with E-state index in [2.05, 4.69) is 0 Å². The minimum absolute atomic E-state index is 0.0679. The maximum Gasteiger partial charge on any atom is 0.336 e. The molecule has 0 aromatic carbocycles. The Labute approximate surface area is 43.1 Å². The largest absolute Gasteiger partial charge is 0.479 e. The maximum atomic E-state index is 9.69. The molecule has 0 fully saturated rings. The second-order valence-electron chi connectivity index (χ2n) is 1.03. The molecule has 0 heterocycles.